The minimum atomic E-state index is -0.715. The van der Waals surface area contributed by atoms with Crippen LogP contribution in [-0.2, 0) is 16.1 Å². The lowest BCUT2D eigenvalue weighted by Crippen LogP contribution is -2.41. The highest BCUT2D eigenvalue weighted by Crippen LogP contribution is 2.23. The van der Waals surface area contributed by atoms with Gasteiger partial charge in [0.15, 0.2) is 0 Å². The molecule has 3 aromatic rings. The van der Waals surface area contributed by atoms with Crippen LogP contribution in [0.1, 0.15) is 43.9 Å². The smallest absolute Gasteiger partial charge is 0.249 e. The molecule has 4 nitrogen and oxygen atoms in total. The van der Waals surface area contributed by atoms with Crippen molar-refractivity contribution in [1.29, 1.82) is 0 Å². The monoisotopic (exact) mass is 428 g/mol. The van der Waals surface area contributed by atoms with E-state index in [4.69, 9.17) is 0 Å². The number of carbonyl (C=O) groups is 2. The fourth-order valence-corrected chi connectivity index (χ4v) is 3.59. The predicted molar refractivity (Wildman–Crippen MR) is 130 cm³/mol. The van der Waals surface area contributed by atoms with Crippen molar-refractivity contribution in [2.75, 3.05) is 7.05 Å². The maximum absolute atomic E-state index is 13.4. The Morgan fingerprint density at radius 3 is 1.97 bits per heavy atom. The van der Waals surface area contributed by atoms with Crippen LogP contribution in [0.15, 0.2) is 84.9 Å². The minimum absolute atomic E-state index is 0.0997. The summed E-state index contributed by atoms with van der Waals surface area (Å²) in [5.74, 6) is 0.206. The van der Waals surface area contributed by atoms with E-state index in [0.717, 1.165) is 28.7 Å². The third kappa shape index (κ3) is 6.55. The second-order valence-electron chi connectivity index (χ2n) is 8.60. The van der Waals surface area contributed by atoms with Gasteiger partial charge in [-0.25, -0.2) is 0 Å². The average molecular weight is 429 g/mol. The van der Waals surface area contributed by atoms with Crippen LogP contribution in [0.3, 0.4) is 0 Å². The molecule has 2 amide bonds. The first-order valence-electron chi connectivity index (χ1n) is 11.2. The topological polar surface area (TPSA) is 49.4 Å². The molecule has 0 spiro atoms. The lowest BCUT2D eigenvalue weighted by atomic mass is 9.99. The Morgan fingerprint density at radius 1 is 0.812 bits per heavy atom. The predicted octanol–water partition coefficient (Wildman–Crippen LogP) is 5.61. The van der Waals surface area contributed by atoms with E-state index in [1.165, 1.54) is 0 Å². The molecule has 0 saturated carbocycles. The molecule has 0 unspecified atom stereocenters. The Hall–Kier alpha value is -3.40. The van der Waals surface area contributed by atoms with Crippen molar-refractivity contribution in [3.8, 4) is 11.1 Å². The number of hydrogen-bond acceptors (Lipinski definition) is 2. The van der Waals surface area contributed by atoms with Crippen molar-refractivity contribution in [2.45, 2.75) is 39.3 Å². The highest BCUT2D eigenvalue weighted by Gasteiger charge is 2.26. The van der Waals surface area contributed by atoms with E-state index in [1.54, 1.807) is 11.9 Å². The first-order chi connectivity index (χ1) is 15.4. The lowest BCUT2D eigenvalue weighted by molar-refractivity contribution is -0.136. The summed E-state index contributed by atoms with van der Waals surface area (Å²) >= 11 is 0. The molecule has 0 aliphatic rings. The summed E-state index contributed by atoms with van der Waals surface area (Å²) in [5, 5.41) is 2.98. The molecule has 0 bridgehead atoms. The zero-order valence-electron chi connectivity index (χ0n) is 19.1. The van der Waals surface area contributed by atoms with Gasteiger partial charge in [0.1, 0.15) is 6.04 Å². The molecule has 32 heavy (non-hydrogen) atoms. The largest absolute Gasteiger partial charge is 0.341 e. The summed E-state index contributed by atoms with van der Waals surface area (Å²) in [6.45, 7) is 4.66. The van der Waals surface area contributed by atoms with Crippen molar-refractivity contribution < 1.29 is 9.59 Å². The fraction of sp³-hybridized carbons (Fsp3) is 0.286. The van der Waals surface area contributed by atoms with E-state index >= 15 is 0 Å². The summed E-state index contributed by atoms with van der Waals surface area (Å²) < 4.78 is 0. The molecule has 1 atom stereocenters. The van der Waals surface area contributed by atoms with Crippen LogP contribution in [0, 0.1) is 5.92 Å². The van der Waals surface area contributed by atoms with Gasteiger partial charge in [-0.2, -0.15) is 0 Å². The third-order valence-corrected chi connectivity index (χ3v) is 5.49. The summed E-state index contributed by atoms with van der Waals surface area (Å²) in [7, 11) is 1.78. The summed E-state index contributed by atoms with van der Waals surface area (Å²) in [6, 6.07) is 27.1. The number of likely N-dealkylation sites (N-methyl/N-ethyl adjacent to an activating group) is 1. The van der Waals surface area contributed by atoms with Gasteiger partial charge in [-0.3, -0.25) is 9.59 Å². The molecule has 3 aromatic carbocycles. The first-order valence-corrected chi connectivity index (χ1v) is 11.2. The van der Waals surface area contributed by atoms with Gasteiger partial charge in [0.2, 0.25) is 11.8 Å². The second kappa shape index (κ2) is 11.3. The van der Waals surface area contributed by atoms with Crippen molar-refractivity contribution in [1.82, 2.24) is 10.2 Å². The van der Waals surface area contributed by atoms with Crippen LogP contribution in [0.5, 0.6) is 0 Å². The second-order valence-corrected chi connectivity index (χ2v) is 8.60. The zero-order chi connectivity index (χ0) is 22.9. The normalized spacial score (nSPS) is 11.8. The van der Waals surface area contributed by atoms with Crippen LogP contribution in [0.2, 0.25) is 0 Å². The maximum Gasteiger partial charge on any atom is 0.249 e. The van der Waals surface area contributed by atoms with Crippen molar-refractivity contribution in [2.24, 2.45) is 5.92 Å². The quantitative estimate of drug-likeness (QED) is 0.482. The molecule has 3 rings (SSSR count). The first kappa shape index (κ1) is 23.3. The Morgan fingerprint density at radius 2 is 1.38 bits per heavy atom. The average Bonchev–Trinajstić information content (AvgIpc) is 2.82. The molecule has 1 N–H and O–H groups in total. The standard InChI is InChI=1S/C28H32N2O2/c1-21(2)14-19-26(31)29-27(28(32)30(3)20-22-10-6-4-7-11-22)25-17-15-24(16-18-25)23-12-8-5-9-13-23/h4-13,15-18,21,27H,14,19-20H2,1-3H3,(H,29,31)/t27-/m0/s1. The maximum atomic E-state index is 13.4. The number of hydrogen-bond donors (Lipinski definition) is 1. The Bertz CT molecular complexity index is 999. The van der Waals surface area contributed by atoms with E-state index in [0.29, 0.717) is 18.9 Å². The molecular formula is C28H32N2O2. The number of rotatable bonds is 9. The van der Waals surface area contributed by atoms with Crippen molar-refractivity contribution in [3.63, 3.8) is 0 Å². The number of benzene rings is 3. The van der Waals surface area contributed by atoms with Gasteiger partial charge in [0, 0.05) is 20.0 Å². The lowest BCUT2D eigenvalue weighted by Gasteiger charge is -2.25. The molecule has 0 radical (unpaired) electrons. The number of amides is 2. The number of carbonyl (C=O) groups excluding carboxylic acids is 2. The highest BCUT2D eigenvalue weighted by molar-refractivity contribution is 5.88. The molecule has 4 heteroatoms. The molecule has 166 valence electrons. The van der Waals surface area contributed by atoms with Crippen molar-refractivity contribution >= 4 is 11.8 Å². The number of nitrogens with one attached hydrogen (secondary N) is 1. The van der Waals surface area contributed by atoms with E-state index in [-0.39, 0.29) is 11.8 Å². The minimum Gasteiger partial charge on any atom is -0.341 e. The molecule has 0 aromatic heterocycles. The van der Waals surface area contributed by atoms with Gasteiger partial charge >= 0.3 is 0 Å². The summed E-state index contributed by atoms with van der Waals surface area (Å²) in [6.07, 6.45) is 1.20. The molecule has 0 fully saturated rings. The van der Waals surface area contributed by atoms with Crippen LogP contribution in [0.4, 0.5) is 0 Å². The van der Waals surface area contributed by atoms with Gasteiger partial charge < -0.3 is 10.2 Å². The van der Waals surface area contributed by atoms with E-state index < -0.39 is 6.04 Å². The zero-order valence-corrected chi connectivity index (χ0v) is 19.1. The van der Waals surface area contributed by atoms with Crippen LogP contribution in [0.25, 0.3) is 11.1 Å². The van der Waals surface area contributed by atoms with Gasteiger partial charge in [-0.05, 0) is 34.6 Å². The fourth-order valence-electron chi connectivity index (χ4n) is 3.59. The molecule has 0 aliphatic heterocycles. The van der Waals surface area contributed by atoms with Gasteiger partial charge in [0.05, 0.1) is 0 Å². The molecule has 0 aliphatic carbocycles. The van der Waals surface area contributed by atoms with E-state index in [1.807, 2.05) is 72.8 Å². The summed E-state index contributed by atoms with van der Waals surface area (Å²) in [4.78, 5) is 27.7. The summed E-state index contributed by atoms with van der Waals surface area (Å²) in [5.41, 5.74) is 4.02. The van der Waals surface area contributed by atoms with Crippen LogP contribution in [-0.4, -0.2) is 23.8 Å². The van der Waals surface area contributed by atoms with E-state index in [2.05, 4.69) is 31.3 Å². The van der Waals surface area contributed by atoms with Gasteiger partial charge in [-0.15, -0.1) is 0 Å². The van der Waals surface area contributed by atoms with Crippen LogP contribution >= 0.6 is 0 Å². The molecule has 0 heterocycles. The highest BCUT2D eigenvalue weighted by atomic mass is 16.2. The van der Waals surface area contributed by atoms with Gasteiger partial charge in [0.25, 0.3) is 0 Å². The Balaban J connectivity index is 1.81. The Kier molecular flexibility index (Phi) is 8.20. The molecule has 0 saturated heterocycles. The molecular weight excluding hydrogens is 396 g/mol. The van der Waals surface area contributed by atoms with Gasteiger partial charge in [-0.1, -0.05) is 98.8 Å². The SMILES string of the molecule is CC(C)CCC(=O)N[C@H](C(=O)N(C)Cc1ccccc1)c1ccc(-c2ccccc2)cc1. The van der Waals surface area contributed by atoms with Crippen LogP contribution < -0.4 is 5.32 Å². The Labute approximate surface area is 191 Å². The number of nitrogens with zero attached hydrogens (tertiary/aromatic N) is 1. The van der Waals surface area contributed by atoms with Crippen molar-refractivity contribution in [3.05, 3.63) is 96.1 Å². The van der Waals surface area contributed by atoms with E-state index in [9.17, 15) is 9.59 Å². The third-order valence-electron chi connectivity index (χ3n) is 5.49.